The summed E-state index contributed by atoms with van der Waals surface area (Å²) in [7, 11) is 0. The molecule has 0 bridgehead atoms. The summed E-state index contributed by atoms with van der Waals surface area (Å²) in [4.78, 5) is 11.0. The number of benzene rings is 2. The fourth-order valence-electron chi connectivity index (χ4n) is 1.63. The Morgan fingerprint density at radius 3 is 2.68 bits per heavy atom. The Labute approximate surface area is 120 Å². The molecule has 2 aromatic carbocycles. The van der Waals surface area contributed by atoms with Crippen molar-refractivity contribution in [3.63, 3.8) is 0 Å². The normalized spacial score (nSPS) is 10.0. The monoisotopic (exact) mass is 320 g/mol. The topological polar surface area (TPSA) is 35.5 Å². The molecule has 0 atom stereocenters. The Bertz CT molecular complexity index is 581. The average Bonchev–Trinajstić information content (AvgIpc) is 2.41. The zero-order valence-electron chi connectivity index (χ0n) is 10.4. The van der Waals surface area contributed by atoms with Crippen LogP contribution in [0.2, 0.25) is 0 Å². The van der Waals surface area contributed by atoms with Crippen LogP contribution in [-0.4, -0.2) is 12.9 Å². The first kappa shape index (κ1) is 13.6. The van der Waals surface area contributed by atoms with E-state index in [1.165, 1.54) is 0 Å². The van der Waals surface area contributed by atoms with E-state index in [-0.39, 0.29) is 0 Å². The Hall–Kier alpha value is -1.81. The number of hydrogen-bond acceptors (Lipinski definition) is 3. The molecule has 0 spiro atoms. The molecule has 2 aromatic rings. The molecule has 0 unspecified atom stereocenters. The number of rotatable bonds is 5. The molecule has 0 amide bonds. The highest BCUT2D eigenvalue weighted by atomic mass is 79.9. The summed E-state index contributed by atoms with van der Waals surface area (Å²) in [6.45, 7) is 2.52. The number of aldehydes is 1. The molecule has 0 N–H and O–H groups in total. The zero-order valence-corrected chi connectivity index (χ0v) is 12.0. The number of hydrogen-bond donors (Lipinski definition) is 0. The second-order valence-corrected chi connectivity index (χ2v) is 4.73. The second-order valence-electron chi connectivity index (χ2n) is 3.81. The molecule has 0 radical (unpaired) electrons. The third-order valence-corrected chi connectivity index (χ3v) is 2.94. The summed E-state index contributed by atoms with van der Waals surface area (Å²) in [5.41, 5.74) is 0.496. The van der Waals surface area contributed by atoms with E-state index in [9.17, 15) is 4.79 Å². The van der Waals surface area contributed by atoms with Gasteiger partial charge in [0.05, 0.1) is 12.2 Å². The van der Waals surface area contributed by atoms with Crippen molar-refractivity contribution in [1.82, 2.24) is 0 Å². The number of ether oxygens (including phenoxy) is 2. The minimum atomic E-state index is 0.496. The maximum absolute atomic E-state index is 11.0. The molecule has 0 aliphatic heterocycles. The van der Waals surface area contributed by atoms with Crippen LogP contribution in [0.15, 0.2) is 46.9 Å². The van der Waals surface area contributed by atoms with Gasteiger partial charge >= 0.3 is 0 Å². The molecule has 4 heteroatoms. The summed E-state index contributed by atoms with van der Waals surface area (Å²) in [5, 5.41) is 0. The molecule has 19 heavy (non-hydrogen) atoms. The van der Waals surface area contributed by atoms with E-state index in [2.05, 4.69) is 15.9 Å². The van der Waals surface area contributed by atoms with Crippen molar-refractivity contribution in [3.05, 3.63) is 52.5 Å². The Morgan fingerprint density at radius 2 is 1.95 bits per heavy atom. The molecule has 0 aromatic heterocycles. The van der Waals surface area contributed by atoms with Gasteiger partial charge in [-0.3, -0.25) is 4.79 Å². The molecule has 0 heterocycles. The van der Waals surface area contributed by atoms with Gasteiger partial charge in [0.2, 0.25) is 0 Å². The van der Waals surface area contributed by atoms with Crippen LogP contribution in [-0.2, 0) is 0 Å². The van der Waals surface area contributed by atoms with Crippen molar-refractivity contribution >= 4 is 22.2 Å². The first-order valence-corrected chi connectivity index (χ1v) is 6.67. The maximum atomic E-state index is 11.0. The molecular weight excluding hydrogens is 308 g/mol. The summed E-state index contributed by atoms with van der Waals surface area (Å²) in [6, 6.07) is 12.6. The first-order chi connectivity index (χ1) is 9.22. The van der Waals surface area contributed by atoms with Crippen molar-refractivity contribution in [3.8, 4) is 17.2 Å². The molecule has 3 nitrogen and oxygen atoms in total. The smallest absolute Gasteiger partial charge is 0.153 e. The number of carbonyl (C=O) groups is 1. The van der Waals surface area contributed by atoms with Crippen LogP contribution in [0.5, 0.6) is 17.2 Å². The minimum absolute atomic E-state index is 0.496. The van der Waals surface area contributed by atoms with Crippen LogP contribution in [0.25, 0.3) is 0 Å². The molecule has 0 aliphatic rings. The van der Waals surface area contributed by atoms with E-state index >= 15 is 0 Å². The SMILES string of the molecule is CCOc1cccc(Oc2ccc(Br)cc2C=O)c1. The van der Waals surface area contributed by atoms with E-state index in [1.807, 2.05) is 31.2 Å². The fourth-order valence-corrected chi connectivity index (χ4v) is 2.00. The van der Waals surface area contributed by atoms with Crippen molar-refractivity contribution in [2.75, 3.05) is 6.61 Å². The Balaban J connectivity index is 2.25. The fraction of sp³-hybridized carbons (Fsp3) is 0.133. The third kappa shape index (κ3) is 3.58. The first-order valence-electron chi connectivity index (χ1n) is 5.88. The van der Waals surface area contributed by atoms with Gasteiger partial charge in [-0.25, -0.2) is 0 Å². The van der Waals surface area contributed by atoms with Crippen LogP contribution < -0.4 is 9.47 Å². The van der Waals surface area contributed by atoms with E-state index in [0.717, 1.165) is 16.5 Å². The third-order valence-electron chi connectivity index (χ3n) is 2.44. The molecule has 2 rings (SSSR count). The molecule has 0 saturated carbocycles. The van der Waals surface area contributed by atoms with Crippen LogP contribution >= 0.6 is 15.9 Å². The molecule has 0 aliphatic carbocycles. The highest BCUT2D eigenvalue weighted by Crippen LogP contribution is 2.29. The van der Waals surface area contributed by atoms with Gasteiger partial charge in [-0.05, 0) is 37.3 Å². The van der Waals surface area contributed by atoms with Crippen LogP contribution in [0, 0.1) is 0 Å². The summed E-state index contributed by atoms with van der Waals surface area (Å²) in [5.74, 6) is 1.90. The minimum Gasteiger partial charge on any atom is -0.494 e. The highest BCUT2D eigenvalue weighted by Gasteiger charge is 2.06. The van der Waals surface area contributed by atoms with Gasteiger partial charge in [-0.1, -0.05) is 22.0 Å². The lowest BCUT2D eigenvalue weighted by Crippen LogP contribution is -1.93. The van der Waals surface area contributed by atoms with Crippen LogP contribution in [0.4, 0.5) is 0 Å². The van der Waals surface area contributed by atoms with Crippen molar-refractivity contribution in [2.45, 2.75) is 6.92 Å². The zero-order chi connectivity index (χ0) is 13.7. The maximum Gasteiger partial charge on any atom is 0.153 e. The number of halogens is 1. The molecule has 98 valence electrons. The van der Waals surface area contributed by atoms with Crippen molar-refractivity contribution in [1.29, 1.82) is 0 Å². The molecular formula is C15H13BrO3. The largest absolute Gasteiger partial charge is 0.494 e. The van der Waals surface area contributed by atoms with Gasteiger partial charge in [-0.2, -0.15) is 0 Å². The van der Waals surface area contributed by atoms with Gasteiger partial charge in [0.25, 0.3) is 0 Å². The highest BCUT2D eigenvalue weighted by molar-refractivity contribution is 9.10. The van der Waals surface area contributed by atoms with E-state index < -0.39 is 0 Å². The van der Waals surface area contributed by atoms with Crippen LogP contribution in [0.3, 0.4) is 0 Å². The summed E-state index contributed by atoms with van der Waals surface area (Å²) < 4.78 is 12.0. The predicted molar refractivity (Wildman–Crippen MR) is 77.2 cm³/mol. The van der Waals surface area contributed by atoms with E-state index in [1.54, 1.807) is 18.2 Å². The second kappa shape index (κ2) is 6.38. The quantitative estimate of drug-likeness (QED) is 0.763. The van der Waals surface area contributed by atoms with Crippen LogP contribution in [0.1, 0.15) is 17.3 Å². The van der Waals surface area contributed by atoms with Crippen molar-refractivity contribution < 1.29 is 14.3 Å². The van der Waals surface area contributed by atoms with Crippen molar-refractivity contribution in [2.24, 2.45) is 0 Å². The Kier molecular flexibility index (Phi) is 4.58. The molecule has 0 saturated heterocycles. The van der Waals surface area contributed by atoms with Gasteiger partial charge in [0, 0.05) is 10.5 Å². The lowest BCUT2D eigenvalue weighted by Gasteiger charge is -2.10. The standard InChI is InChI=1S/C15H13BrO3/c1-2-18-13-4-3-5-14(9-13)19-15-7-6-12(16)8-11(15)10-17/h3-10H,2H2,1H3. The predicted octanol–water partition coefficient (Wildman–Crippen LogP) is 4.45. The van der Waals surface area contributed by atoms with Gasteiger partial charge in [-0.15, -0.1) is 0 Å². The lowest BCUT2D eigenvalue weighted by molar-refractivity contribution is 0.112. The summed E-state index contributed by atoms with van der Waals surface area (Å²) >= 11 is 3.32. The van der Waals surface area contributed by atoms with Gasteiger partial charge in [0.1, 0.15) is 17.2 Å². The number of carbonyl (C=O) groups excluding carboxylic acids is 1. The van der Waals surface area contributed by atoms with E-state index in [4.69, 9.17) is 9.47 Å². The molecule has 0 fully saturated rings. The average molecular weight is 321 g/mol. The van der Waals surface area contributed by atoms with Gasteiger partial charge < -0.3 is 9.47 Å². The Morgan fingerprint density at radius 1 is 1.16 bits per heavy atom. The van der Waals surface area contributed by atoms with E-state index in [0.29, 0.717) is 23.7 Å². The lowest BCUT2D eigenvalue weighted by atomic mass is 10.2. The summed E-state index contributed by atoms with van der Waals surface area (Å²) in [6.07, 6.45) is 0.770. The van der Waals surface area contributed by atoms with Gasteiger partial charge in [0.15, 0.2) is 6.29 Å².